The van der Waals surface area contributed by atoms with Crippen molar-refractivity contribution in [3.8, 4) is 0 Å². The van der Waals surface area contributed by atoms with Crippen LogP contribution in [0.4, 0.5) is 0 Å². The largest absolute Gasteiger partial charge is 0.349 e. The summed E-state index contributed by atoms with van der Waals surface area (Å²) >= 11 is 3.58. The summed E-state index contributed by atoms with van der Waals surface area (Å²) in [5.41, 5.74) is 1.30. The average Bonchev–Trinajstić information content (AvgIpc) is 2.88. The summed E-state index contributed by atoms with van der Waals surface area (Å²) in [6.07, 6.45) is 5.74. The van der Waals surface area contributed by atoms with E-state index in [0.717, 1.165) is 29.7 Å². The first-order valence-corrected chi connectivity index (χ1v) is 7.02. The van der Waals surface area contributed by atoms with Crippen molar-refractivity contribution >= 4 is 15.9 Å². The number of aryl methyl sites for hydroxylation is 1. The molecule has 0 fully saturated rings. The lowest BCUT2D eigenvalue weighted by molar-refractivity contribution is 0.553. The lowest BCUT2D eigenvalue weighted by atomic mass is 10.1. The summed E-state index contributed by atoms with van der Waals surface area (Å²) in [5, 5.41) is 3.53. The van der Waals surface area contributed by atoms with E-state index in [2.05, 4.69) is 56.3 Å². The molecule has 0 spiro atoms. The molecule has 96 valence electrons. The summed E-state index contributed by atoms with van der Waals surface area (Å²) in [6.45, 7) is 3.18. The summed E-state index contributed by atoms with van der Waals surface area (Å²) < 4.78 is 1.16. The van der Waals surface area contributed by atoms with Gasteiger partial charge < -0.3 is 10.3 Å². The number of rotatable bonds is 6. The van der Waals surface area contributed by atoms with Gasteiger partial charge in [0.2, 0.25) is 0 Å². The van der Waals surface area contributed by atoms with Crippen LogP contribution in [-0.2, 0) is 6.42 Å². The first kappa shape index (κ1) is 13.3. The van der Waals surface area contributed by atoms with E-state index in [9.17, 15) is 0 Å². The smallest absolute Gasteiger partial charge is 0.106 e. The molecule has 2 rings (SSSR count). The summed E-state index contributed by atoms with van der Waals surface area (Å²) in [7, 11) is 0. The van der Waals surface area contributed by atoms with Gasteiger partial charge in [-0.1, -0.05) is 34.1 Å². The Morgan fingerprint density at radius 2 is 2.22 bits per heavy atom. The molecule has 2 aromatic rings. The van der Waals surface area contributed by atoms with E-state index in [1.165, 1.54) is 5.56 Å². The zero-order chi connectivity index (χ0) is 12.8. The van der Waals surface area contributed by atoms with Crippen LogP contribution in [0, 0.1) is 0 Å². The molecule has 0 amide bonds. The molecule has 1 unspecified atom stereocenters. The Morgan fingerprint density at radius 3 is 2.94 bits per heavy atom. The Labute approximate surface area is 116 Å². The highest BCUT2D eigenvalue weighted by Crippen LogP contribution is 2.22. The molecule has 0 radical (unpaired) electrons. The van der Waals surface area contributed by atoms with Crippen molar-refractivity contribution in [2.75, 3.05) is 6.54 Å². The lowest BCUT2D eigenvalue weighted by Gasteiger charge is -2.15. The lowest BCUT2D eigenvalue weighted by Crippen LogP contribution is -2.20. The van der Waals surface area contributed by atoms with Crippen LogP contribution in [0.5, 0.6) is 0 Å². The van der Waals surface area contributed by atoms with Gasteiger partial charge >= 0.3 is 0 Å². The minimum absolute atomic E-state index is 0.358. The van der Waals surface area contributed by atoms with E-state index in [0.29, 0.717) is 6.04 Å². The summed E-state index contributed by atoms with van der Waals surface area (Å²) in [6, 6.07) is 8.69. The quantitative estimate of drug-likeness (QED) is 0.802. The maximum atomic E-state index is 4.21. The van der Waals surface area contributed by atoms with Crippen LogP contribution in [0.2, 0.25) is 0 Å². The van der Waals surface area contributed by atoms with Crippen LogP contribution < -0.4 is 5.32 Å². The number of benzene rings is 1. The van der Waals surface area contributed by atoms with Crippen molar-refractivity contribution < 1.29 is 0 Å². The van der Waals surface area contributed by atoms with E-state index in [-0.39, 0.29) is 0 Å². The first-order valence-electron chi connectivity index (χ1n) is 6.23. The second-order valence-corrected chi connectivity index (χ2v) is 5.19. The highest BCUT2D eigenvalue weighted by Gasteiger charge is 2.07. The van der Waals surface area contributed by atoms with Crippen LogP contribution in [-0.4, -0.2) is 16.5 Å². The molecule has 1 heterocycles. The Morgan fingerprint density at radius 1 is 1.39 bits per heavy atom. The van der Waals surface area contributed by atoms with E-state index in [1.54, 1.807) is 6.20 Å². The molecule has 0 saturated carbocycles. The standard InChI is InChI=1S/C14H18BrN3/c1-11(12-5-2-3-6-13(12)15)16-8-4-7-14-17-9-10-18-14/h2-3,5-6,9-11,16H,4,7-8H2,1H3,(H,17,18). The van der Waals surface area contributed by atoms with Crippen LogP contribution in [0.15, 0.2) is 41.1 Å². The number of nitrogens with zero attached hydrogens (tertiary/aromatic N) is 1. The van der Waals surface area contributed by atoms with Gasteiger partial charge in [0.05, 0.1) is 0 Å². The predicted molar refractivity (Wildman–Crippen MR) is 77.5 cm³/mol. The van der Waals surface area contributed by atoms with E-state index >= 15 is 0 Å². The molecule has 0 aliphatic heterocycles. The maximum Gasteiger partial charge on any atom is 0.106 e. The molecule has 4 heteroatoms. The minimum atomic E-state index is 0.358. The number of aromatic amines is 1. The molecule has 0 bridgehead atoms. The fourth-order valence-corrected chi connectivity index (χ4v) is 2.57. The van der Waals surface area contributed by atoms with Crippen LogP contribution in [0.25, 0.3) is 0 Å². The highest BCUT2D eigenvalue weighted by atomic mass is 79.9. The second kappa shape index (κ2) is 6.71. The van der Waals surface area contributed by atoms with Gasteiger partial charge in [-0.05, 0) is 31.5 Å². The molecule has 1 atom stereocenters. The minimum Gasteiger partial charge on any atom is -0.349 e. The van der Waals surface area contributed by atoms with Crippen molar-refractivity contribution in [2.24, 2.45) is 0 Å². The van der Waals surface area contributed by atoms with Gasteiger partial charge in [-0.15, -0.1) is 0 Å². The number of imidazole rings is 1. The molecule has 1 aromatic carbocycles. The number of nitrogens with one attached hydrogen (secondary N) is 2. The molecule has 0 saturated heterocycles. The van der Waals surface area contributed by atoms with Crippen LogP contribution >= 0.6 is 15.9 Å². The zero-order valence-electron chi connectivity index (χ0n) is 10.5. The Bertz CT molecular complexity index is 468. The van der Waals surface area contributed by atoms with Crippen LogP contribution in [0.1, 0.15) is 30.8 Å². The normalized spacial score (nSPS) is 12.6. The molecule has 1 aromatic heterocycles. The highest BCUT2D eigenvalue weighted by molar-refractivity contribution is 9.10. The van der Waals surface area contributed by atoms with Crippen molar-refractivity contribution in [2.45, 2.75) is 25.8 Å². The van der Waals surface area contributed by atoms with Gasteiger partial charge in [-0.3, -0.25) is 0 Å². The number of H-pyrrole nitrogens is 1. The van der Waals surface area contributed by atoms with Gasteiger partial charge in [0.1, 0.15) is 5.82 Å². The molecular formula is C14H18BrN3. The van der Waals surface area contributed by atoms with E-state index in [1.807, 2.05) is 12.3 Å². The van der Waals surface area contributed by atoms with Crippen molar-refractivity contribution in [1.29, 1.82) is 0 Å². The zero-order valence-corrected chi connectivity index (χ0v) is 12.1. The third-order valence-electron chi connectivity index (χ3n) is 2.97. The third kappa shape index (κ3) is 3.68. The Hall–Kier alpha value is -1.13. The summed E-state index contributed by atoms with van der Waals surface area (Å²) in [5.74, 6) is 1.06. The third-order valence-corrected chi connectivity index (χ3v) is 3.69. The molecule has 3 nitrogen and oxygen atoms in total. The van der Waals surface area contributed by atoms with Crippen molar-refractivity contribution in [3.63, 3.8) is 0 Å². The Balaban J connectivity index is 1.75. The predicted octanol–water partition coefficient (Wildman–Crippen LogP) is 3.46. The first-order chi connectivity index (χ1) is 8.77. The number of hydrogen-bond acceptors (Lipinski definition) is 2. The van der Waals surface area contributed by atoms with Gasteiger partial charge in [0.15, 0.2) is 0 Å². The van der Waals surface area contributed by atoms with Crippen molar-refractivity contribution in [3.05, 3.63) is 52.5 Å². The van der Waals surface area contributed by atoms with Gasteiger partial charge in [0, 0.05) is 29.3 Å². The molecule has 0 aliphatic carbocycles. The molecular weight excluding hydrogens is 290 g/mol. The number of halogens is 1. The molecule has 2 N–H and O–H groups in total. The van der Waals surface area contributed by atoms with Crippen molar-refractivity contribution in [1.82, 2.24) is 15.3 Å². The number of hydrogen-bond donors (Lipinski definition) is 2. The van der Waals surface area contributed by atoms with E-state index < -0.39 is 0 Å². The monoisotopic (exact) mass is 307 g/mol. The summed E-state index contributed by atoms with van der Waals surface area (Å²) in [4.78, 5) is 7.33. The fourth-order valence-electron chi connectivity index (χ4n) is 1.95. The average molecular weight is 308 g/mol. The maximum absolute atomic E-state index is 4.21. The number of aromatic nitrogens is 2. The van der Waals surface area contributed by atoms with E-state index in [4.69, 9.17) is 0 Å². The second-order valence-electron chi connectivity index (χ2n) is 4.34. The Kier molecular flexibility index (Phi) is 4.96. The molecule has 0 aliphatic rings. The van der Waals surface area contributed by atoms with Gasteiger partial charge in [0.25, 0.3) is 0 Å². The van der Waals surface area contributed by atoms with Gasteiger partial charge in [-0.2, -0.15) is 0 Å². The molecule has 18 heavy (non-hydrogen) atoms. The topological polar surface area (TPSA) is 40.7 Å². The SMILES string of the molecule is CC(NCCCc1ncc[nH]1)c1ccccc1Br. The fraction of sp³-hybridized carbons (Fsp3) is 0.357. The van der Waals surface area contributed by atoms with Crippen LogP contribution in [0.3, 0.4) is 0 Å². The van der Waals surface area contributed by atoms with Gasteiger partial charge in [-0.25, -0.2) is 4.98 Å².